The van der Waals surface area contributed by atoms with E-state index in [1.165, 1.54) is 6.08 Å². The van der Waals surface area contributed by atoms with Gasteiger partial charge in [-0.2, -0.15) is 11.8 Å². The maximum absolute atomic E-state index is 12.2. The third-order valence-electron chi connectivity index (χ3n) is 3.16. The van der Waals surface area contributed by atoms with E-state index in [1.54, 1.807) is 18.2 Å². The summed E-state index contributed by atoms with van der Waals surface area (Å²) in [5.74, 6) is 0.919. The molecule has 1 amide bonds. The Hall–Kier alpha value is -1.46. The summed E-state index contributed by atoms with van der Waals surface area (Å²) >= 11 is 7.92. The van der Waals surface area contributed by atoms with E-state index in [2.05, 4.69) is 5.32 Å². The first-order valence-electron chi connectivity index (χ1n) is 6.65. The lowest BCUT2D eigenvalue weighted by molar-refractivity contribution is -0.131. The number of hydrogen-bond donors (Lipinski definition) is 2. The Kier molecular flexibility index (Phi) is 5.70. The molecule has 0 aliphatic carbocycles. The van der Waals surface area contributed by atoms with Crippen molar-refractivity contribution in [3.63, 3.8) is 0 Å². The van der Waals surface area contributed by atoms with Gasteiger partial charge in [0.15, 0.2) is 0 Å². The van der Waals surface area contributed by atoms with Crippen molar-refractivity contribution in [3.8, 4) is 0 Å². The summed E-state index contributed by atoms with van der Waals surface area (Å²) in [5, 5.41) is 12.0. The van der Waals surface area contributed by atoms with Crippen molar-refractivity contribution in [2.75, 3.05) is 11.5 Å². The maximum Gasteiger partial charge on any atom is 0.328 e. The predicted molar refractivity (Wildman–Crippen MR) is 85.9 cm³/mol. The van der Waals surface area contributed by atoms with Crippen molar-refractivity contribution in [1.82, 2.24) is 5.32 Å². The number of rotatable bonds is 4. The predicted octanol–water partition coefficient (Wildman–Crippen LogP) is 3.06. The molecule has 1 aromatic rings. The zero-order valence-corrected chi connectivity index (χ0v) is 12.9. The average Bonchev–Trinajstić information content (AvgIpc) is 2.46. The van der Waals surface area contributed by atoms with E-state index in [0.717, 1.165) is 30.4 Å². The van der Waals surface area contributed by atoms with Crippen LogP contribution in [0.2, 0.25) is 5.02 Å². The van der Waals surface area contributed by atoms with Crippen molar-refractivity contribution in [2.45, 2.75) is 18.9 Å². The van der Waals surface area contributed by atoms with Gasteiger partial charge in [0.2, 0.25) is 0 Å². The van der Waals surface area contributed by atoms with Crippen LogP contribution in [-0.4, -0.2) is 34.5 Å². The van der Waals surface area contributed by atoms with Gasteiger partial charge in [-0.25, -0.2) is 4.79 Å². The Morgan fingerprint density at radius 1 is 1.43 bits per heavy atom. The van der Waals surface area contributed by atoms with Crippen LogP contribution in [0.1, 0.15) is 28.8 Å². The normalized spacial score (nSPS) is 18.6. The van der Waals surface area contributed by atoms with Gasteiger partial charge in [0.25, 0.3) is 5.91 Å². The first kappa shape index (κ1) is 15.9. The highest BCUT2D eigenvalue weighted by atomic mass is 35.5. The number of carboxylic acid groups (broad SMARTS) is 1. The molecule has 1 atom stereocenters. The monoisotopic (exact) mass is 325 g/mol. The van der Waals surface area contributed by atoms with E-state index in [-0.39, 0.29) is 11.9 Å². The van der Waals surface area contributed by atoms with Crippen LogP contribution in [0, 0.1) is 0 Å². The van der Waals surface area contributed by atoms with Crippen LogP contribution in [0.5, 0.6) is 0 Å². The van der Waals surface area contributed by atoms with Crippen LogP contribution in [0.25, 0.3) is 6.08 Å². The van der Waals surface area contributed by atoms with Gasteiger partial charge >= 0.3 is 5.97 Å². The smallest absolute Gasteiger partial charge is 0.328 e. The average molecular weight is 326 g/mol. The van der Waals surface area contributed by atoms with E-state index in [9.17, 15) is 9.59 Å². The second kappa shape index (κ2) is 7.52. The molecule has 21 heavy (non-hydrogen) atoms. The van der Waals surface area contributed by atoms with Crippen molar-refractivity contribution < 1.29 is 14.7 Å². The zero-order chi connectivity index (χ0) is 15.2. The number of benzene rings is 1. The molecule has 1 unspecified atom stereocenters. The minimum absolute atomic E-state index is 0.141. The first-order valence-corrected chi connectivity index (χ1v) is 8.18. The summed E-state index contributed by atoms with van der Waals surface area (Å²) in [7, 11) is 0. The molecule has 2 rings (SSSR count). The minimum atomic E-state index is -1.04. The largest absolute Gasteiger partial charge is 0.478 e. The number of hydrogen-bond acceptors (Lipinski definition) is 3. The molecule has 1 fully saturated rings. The molecule has 112 valence electrons. The van der Waals surface area contributed by atoms with Gasteiger partial charge in [0.05, 0.1) is 0 Å². The number of carbonyl (C=O) groups is 2. The second-order valence-electron chi connectivity index (χ2n) is 4.80. The van der Waals surface area contributed by atoms with Crippen molar-refractivity contribution in [1.29, 1.82) is 0 Å². The van der Waals surface area contributed by atoms with Gasteiger partial charge in [0, 0.05) is 28.5 Å². The molecule has 1 heterocycles. The summed E-state index contributed by atoms with van der Waals surface area (Å²) in [6.07, 6.45) is 4.55. The lowest BCUT2D eigenvalue weighted by atomic mass is 10.1. The number of carboxylic acids is 1. The molecule has 0 saturated carbocycles. The van der Waals surface area contributed by atoms with Crippen molar-refractivity contribution in [2.24, 2.45) is 0 Å². The molecule has 1 aromatic carbocycles. The number of aliphatic carboxylic acids is 1. The summed E-state index contributed by atoms with van der Waals surface area (Å²) in [6, 6.07) is 5.07. The molecule has 0 bridgehead atoms. The fourth-order valence-electron chi connectivity index (χ4n) is 2.09. The van der Waals surface area contributed by atoms with E-state index < -0.39 is 5.97 Å². The van der Waals surface area contributed by atoms with Gasteiger partial charge in [-0.1, -0.05) is 17.7 Å². The van der Waals surface area contributed by atoms with E-state index in [0.29, 0.717) is 16.1 Å². The summed E-state index contributed by atoms with van der Waals surface area (Å²) < 4.78 is 0. The molecule has 6 heteroatoms. The third kappa shape index (κ3) is 4.79. The Labute approximate surface area is 132 Å². The Morgan fingerprint density at radius 3 is 2.86 bits per heavy atom. The summed E-state index contributed by atoms with van der Waals surface area (Å²) in [6.45, 7) is 0. The van der Waals surface area contributed by atoms with Crippen molar-refractivity contribution >= 4 is 41.3 Å². The Bertz CT molecular complexity index is 568. The highest BCUT2D eigenvalue weighted by molar-refractivity contribution is 7.99. The number of nitrogens with one attached hydrogen (secondary N) is 1. The zero-order valence-electron chi connectivity index (χ0n) is 11.3. The molecule has 0 radical (unpaired) electrons. The lowest BCUT2D eigenvalue weighted by Gasteiger charge is -2.22. The standard InChI is InChI=1S/C15H16ClNO3S/c16-13-8-11(4-3-10(13)5-6-14(18)19)15(20)17-12-2-1-7-21-9-12/h3-6,8,12H,1-2,7,9H2,(H,17,20)(H,18,19)/b6-5+. The molecule has 4 nitrogen and oxygen atoms in total. The van der Waals surface area contributed by atoms with E-state index in [4.69, 9.17) is 16.7 Å². The highest BCUT2D eigenvalue weighted by Gasteiger charge is 2.17. The van der Waals surface area contributed by atoms with Crippen LogP contribution < -0.4 is 5.32 Å². The highest BCUT2D eigenvalue weighted by Crippen LogP contribution is 2.21. The maximum atomic E-state index is 12.2. The SMILES string of the molecule is O=C(O)/C=C/c1ccc(C(=O)NC2CCCSC2)cc1Cl. The van der Waals surface area contributed by atoms with Crippen LogP contribution in [0.3, 0.4) is 0 Å². The molecule has 1 aliphatic rings. The third-order valence-corrected chi connectivity index (χ3v) is 4.71. The van der Waals surface area contributed by atoms with E-state index >= 15 is 0 Å². The van der Waals surface area contributed by atoms with Crippen LogP contribution in [0.4, 0.5) is 0 Å². The topological polar surface area (TPSA) is 66.4 Å². The fraction of sp³-hybridized carbons (Fsp3) is 0.333. The van der Waals surface area contributed by atoms with E-state index in [1.807, 2.05) is 11.8 Å². The van der Waals surface area contributed by atoms with Crippen LogP contribution in [0.15, 0.2) is 24.3 Å². The molecule has 0 spiro atoms. The summed E-state index contributed by atoms with van der Waals surface area (Å²) in [4.78, 5) is 22.6. The number of carbonyl (C=O) groups excluding carboxylic acids is 1. The fourth-order valence-corrected chi connectivity index (χ4v) is 3.40. The van der Waals surface area contributed by atoms with Gasteiger partial charge in [-0.15, -0.1) is 0 Å². The number of thioether (sulfide) groups is 1. The van der Waals surface area contributed by atoms with Gasteiger partial charge in [-0.05, 0) is 42.4 Å². The van der Waals surface area contributed by atoms with Gasteiger partial charge < -0.3 is 10.4 Å². The van der Waals surface area contributed by atoms with Crippen molar-refractivity contribution in [3.05, 3.63) is 40.4 Å². The molecular formula is C15H16ClNO3S. The summed E-state index contributed by atoms with van der Waals surface area (Å²) in [5.41, 5.74) is 1.06. The molecule has 0 aromatic heterocycles. The molecule has 1 saturated heterocycles. The second-order valence-corrected chi connectivity index (χ2v) is 6.35. The Balaban J connectivity index is 2.04. The Morgan fingerprint density at radius 2 is 2.24 bits per heavy atom. The van der Waals surface area contributed by atoms with Gasteiger partial charge in [-0.3, -0.25) is 4.79 Å². The molecular weight excluding hydrogens is 310 g/mol. The number of halogens is 1. The number of amides is 1. The first-order chi connectivity index (χ1) is 10.1. The quantitative estimate of drug-likeness (QED) is 0.835. The molecule has 1 aliphatic heterocycles. The van der Waals surface area contributed by atoms with Crippen LogP contribution in [-0.2, 0) is 4.79 Å². The van der Waals surface area contributed by atoms with Crippen LogP contribution >= 0.6 is 23.4 Å². The molecule has 2 N–H and O–H groups in total. The minimum Gasteiger partial charge on any atom is -0.478 e. The van der Waals surface area contributed by atoms with Gasteiger partial charge in [0.1, 0.15) is 0 Å². The lowest BCUT2D eigenvalue weighted by Crippen LogP contribution is -2.38.